The summed E-state index contributed by atoms with van der Waals surface area (Å²) in [5.74, 6) is -1.13. The van der Waals surface area contributed by atoms with Gasteiger partial charge in [-0.3, -0.25) is 9.10 Å². The van der Waals surface area contributed by atoms with Gasteiger partial charge in [-0.05, 0) is 60.7 Å². The number of aromatic amines is 1. The van der Waals surface area contributed by atoms with Crippen LogP contribution in [0.5, 0.6) is 5.88 Å². The summed E-state index contributed by atoms with van der Waals surface area (Å²) in [5, 5.41) is 18.9. The number of carbonyl (C=O) groups excluding carboxylic acids is 1. The molecule has 0 saturated carbocycles. The maximum atomic E-state index is 13.4. The molecule has 34 heavy (non-hydrogen) atoms. The van der Waals surface area contributed by atoms with Crippen molar-refractivity contribution in [1.82, 2.24) is 4.98 Å². The van der Waals surface area contributed by atoms with E-state index >= 15 is 0 Å². The highest BCUT2D eigenvalue weighted by Gasteiger charge is 2.27. The van der Waals surface area contributed by atoms with Gasteiger partial charge in [0.25, 0.3) is 15.9 Å². The Morgan fingerprint density at radius 1 is 1.03 bits per heavy atom. The molecule has 0 bridgehead atoms. The van der Waals surface area contributed by atoms with Crippen molar-refractivity contribution in [3.8, 4) is 5.88 Å². The van der Waals surface area contributed by atoms with Crippen molar-refractivity contribution >= 4 is 77.3 Å². The molecule has 2 N–H and O–H groups in total. The number of anilines is 1. The van der Waals surface area contributed by atoms with E-state index in [9.17, 15) is 18.3 Å². The van der Waals surface area contributed by atoms with Crippen LogP contribution >= 0.6 is 39.1 Å². The van der Waals surface area contributed by atoms with Crippen LogP contribution < -0.4 is 4.31 Å². The van der Waals surface area contributed by atoms with Crippen molar-refractivity contribution in [1.29, 1.82) is 0 Å². The van der Waals surface area contributed by atoms with Crippen LogP contribution in [0.25, 0.3) is 10.9 Å². The second-order valence-electron chi connectivity index (χ2n) is 7.05. The minimum atomic E-state index is -4.17. The third kappa shape index (κ3) is 5.10. The monoisotopic (exact) mass is 580 g/mol. The second kappa shape index (κ2) is 9.75. The lowest BCUT2D eigenvalue weighted by atomic mass is 10.2. The van der Waals surface area contributed by atoms with Gasteiger partial charge in [-0.15, -0.1) is 10.2 Å². The Bertz CT molecular complexity index is 1520. The average molecular weight is 582 g/mol. The zero-order chi connectivity index (χ0) is 24.5. The summed E-state index contributed by atoms with van der Waals surface area (Å²) in [7, 11) is -4.17. The van der Waals surface area contributed by atoms with E-state index in [-0.39, 0.29) is 27.2 Å². The van der Waals surface area contributed by atoms with E-state index < -0.39 is 22.5 Å². The molecule has 0 aliphatic carbocycles. The van der Waals surface area contributed by atoms with Crippen molar-refractivity contribution < 1.29 is 18.3 Å². The van der Waals surface area contributed by atoms with Crippen LogP contribution in [0.15, 0.2) is 86.3 Å². The molecule has 8 nitrogen and oxygen atoms in total. The third-order valence-electron chi connectivity index (χ3n) is 4.75. The van der Waals surface area contributed by atoms with Gasteiger partial charge >= 0.3 is 0 Å². The van der Waals surface area contributed by atoms with Crippen molar-refractivity contribution in [2.75, 3.05) is 10.8 Å². The number of aromatic hydroxyl groups is 1. The summed E-state index contributed by atoms with van der Waals surface area (Å²) in [4.78, 5) is 15.4. The number of halogens is 3. The Balaban J connectivity index is 1.68. The normalized spacial score (nSPS) is 11.9. The molecule has 0 radical (unpaired) electrons. The van der Waals surface area contributed by atoms with Gasteiger partial charge in [0.2, 0.25) is 5.88 Å². The zero-order valence-electron chi connectivity index (χ0n) is 17.1. The topological polar surface area (TPSA) is 115 Å². The van der Waals surface area contributed by atoms with Crippen LogP contribution in [-0.4, -0.2) is 31.0 Å². The highest BCUT2D eigenvalue weighted by atomic mass is 79.9. The summed E-state index contributed by atoms with van der Waals surface area (Å²) in [6.45, 7) is -0.651. The highest BCUT2D eigenvalue weighted by Crippen LogP contribution is 2.37. The average Bonchev–Trinajstić information content (AvgIpc) is 3.10. The van der Waals surface area contributed by atoms with Crippen LogP contribution in [-0.2, 0) is 14.8 Å². The fraction of sp³-hybridized carbons (Fsp3) is 0.0455. The number of benzene rings is 3. The van der Waals surface area contributed by atoms with Crippen molar-refractivity contribution in [3.63, 3.8) is 0 Å². The predicted octanol–water partition coefficient (Wildman–Crippen LogP) is 6.45. The number of hydrogen-bond acceptors (Lipinski definition) is 5. The number of fused-ring (bicyclic) bond motifs is 1. The third-order valence-corrected chi connectivity index (χ3v) is 7.52. The standard InChI is InChI=1S/C22H15BrCl2N4O4S/c23-13-4-9-19-18(10-13)21(22(31)26-19)28-27-20(30)12-29(16-3-1-2-15(25)11-16)34(32,33)17-7-5-14(24)6-8-17/h1-11,26,31H,12H2. The van der Waals surface area contributed by atoms with Gasteiger partial charge in [-0.2, -0.15) is 0 Å². The zero-order valence-corrected chi connectivity index (χ0v) is 21.0. The van der Waals surface area contributed by atoms with Gasteiger partial charge < -0.3 is 10.1 Å². The first-order valence-corrected chi connectivity index (χ1v) is 12.6. The van der Waals surface area contributed by atoms with Crippen LogP contribution in [0.2, 0.25) is 10.0 Å². The molecule has 1 heterocycles. The summed E-state index contributed by atoms with van der Waals surface area (Å²) >= 11 is 15.3. The lowest BCUT2D eigenvalue weighted by molar-refractivity contribution is -0.116. The van der Waals surface area contributed by atoms with Crippen LogP contribution in [0.1, 0.15) is 0 Å². The van der Waals surface area contributed by atoms with Crippen LogP contribution in [0, 0.1) is 0 Å². The Morgan fingerprint density at radius 2 is 1.76 bits per heavy atom. The molecule has 0 unspecified atom stereocenters. The molecule has 3 aromatic carbocycles. The lowest BCUT2D eigenvalue weighted by Crippen LogP contribution is -2.35. The van der Waals surface area contributed by atoms with E-state index in [1.807, 2.05) is 0 Å². The molecular formula is C22H15BrCl2N4O4S. The molecule has 12 heteroatoms. The largest absolute Gasteiger partial charge is 0.493 e. The number of sulfonamides is 1. The molecule has 0 aliphatic rings. The Morgan fingerprint density at radius 3 is 2.47 bits per heavy atom. The number of aromatic nitrogens is 1. The number of H-pyrrole nitrogens is 1. The molecule has 1 aromatic heterocycles. The van der Waals surface area contributed by atoms with E-state index in [0.717, 1.165) is 8.78 Å². The smallest absolute Gasteiger partial charge is 0.285 e. The van der Waals surface area contributed by atoms with E-state index in [1.165, 1.54) is 36.4 Å². The van der Waals surface area contributed by atoms with Crippen molar-refractivity contribution in [3.05, 3.63) is 81.2 Å². The fourth-order valence-electron chi connectivity index (χ4n) is 3.18. The molecular weight excluding hydrogens is 567 g/mol. The van der Waals surface area contributed by atoms with Gasteiger partial charge in [0.1, 0.15) is 6.54 Å². The Kier molecular flexibility index (Phi) is 6.94. The molecule has 4 aromatic rings. The lowest BCUT2D eigenvalue weighted by Gasteiger charge is -2.23. The van der Waals surface area contributed by atoms with E-state index in [4.69, 9.17) is 23.2 Å². The first-order chi connectivity index (χ1) is 16.1. The number of nitrogens with zero attached hydrogens (tertiary/aromatic N) is 3. The van der Waals surface area contributed by atoms with Gasteiger partial charge in [-0.25, -0.2) is 8.42 Å². The second-order valence-corrected chi connectivity index (χ2v) is 10.7. The minimum Gasteiger partial charge on any atom is -0.493 e. The van der Waals surface area contributed by atoms with Gasteiger partial charge in [0.05, 0.1) is 16.1 Å². The highest BCUT2D eigenvalue weighted by molar-refractivity contribution is 9.10. The van der Waals surface area contributed by atoms with Crippen molar-refractivity contribution in [2.45, 2.75) is 4.90 Å². The Hall–Kier alpha value is -2.92. The summed E-state index contributed by atoms with van der Waals surface area (Å²) < 4.78 is 28.3. The SMILES string of the molecule is O=C(CN(c1cccc(Cl)c1)S(=O)(=O)c1ccc(Cl)cc1)N=Nc1c(O)[nH]c2ccc(Br)cc12. The number of nitrogens with one attached hydrogen (secondary N) is 1. The molecule has 4 rings (SSSR count). The van der Waals surface area contributed by atoms with E-state index in [1.54, 1.807) is 30.3 Å². The number of amides is 1. The Labute approximate surface area is 213 Å². The first kappa shape index (κ1) is 24.2. The summed E-state index contributed by atoms with van der Waals surface area (Å²) in [6, 6.07) is 16.8. The fourth-order valence-corrected chi connectivity index (χ4v) is 5.25. The van der Waals surface area contributed by atoms with Crippen LogP contribution in [0.3, 0.4) is 0 Å². The van der Waals surface area contributed by atoms with E-state index in [0.29, 0.717) is 15.9 Å². The van der Waals surface area contributed by atoms with E-state index in [2.05, 4.69) is 31.1 Å². The number of hydrogen-bond donors (Lipinski definition) is 2. The maximum absolute atomic E-state index is 13.4. The molecule has 0 atom stereocenters. The minimum absolute atomic E-state index is 0.0551. The van der Waals surface area contributed by atoms with Gasteiger partial charge in [0.15, 0.2) is 5.69 Å². The maximum Gasteiger partial charge on any atom is 0.285 e. The van der Waals surface area contributed by atoms with Gasteiger partial charge in [0, 0.05) is 19.9 Å². The number of azo groups is 1. The summed E-state index contributed by atoms with van der Waals surface area (Å²) in [6.07, 6.45) is 0. The molecule has 174 valence electrons. The van der Waals surface area contributed by atoms with Crippen LogP contribution in [0.4, 0.5) is 11.4 Å². The number of carbonyl (C=O) groups is 1. The molecule has 0 saturated heterocycles. The quantitative estimate of drug-likeness (QED) is 0.255. The number of rotatable bonds is 6. The molecule has 0 aliphatic heterocycles. The predicted molar refractivity (Wildman–Crippen MR) is 135 cm³/mol. The molecule has 0 fully saturated rings. The molecule has 0 spiro atoms. The van der Waals surface area contributed by atoms with Gasteiger partial charge in [-0.1, -0.05) is 45.2 Å². The van der Waals surface area contributed by atoms with Crippen molar-refractivity contribution in [2.24, 2.45) is 10.2 Å². The molecule has 1 amide bonds. The first-order valence-electron chi connectivity index (χ1n) is 9.64. The summed E-state index contributed by atoms with van der Waals surface area (Å²) in [5.41, 5.74) is 0.817.